The molecule has 3 nitrogen and oxygen atoms in total. The number of hydrogen-bond donors (Lipinski definition) is 0. The lowest BCUT2D eigenvalue weighted by molar-refractivity contribution is 0.0515. The highest BCUT2D eigenvalue weighted by molar-refractivity contribution is 6.39. The number of carbonyl (C=O) groups is 1. The second-order valence-corrected chi connectivity index (χ2v) is 6.52. The van der Waals surface area contributed by atoms with E-state index < -0.39 is 5.97 Å². The van der Waals surface area contributed by atoms with Gasteiger partial charge in [0.25, 0.3) is 0 Å². The third kappa shape index (κ3) is 3.60. The van der Waals surface area contributed by atoms with Crippen molar-refractivity contribution in [3.63, 3.8) is 0 Å². The zero-order valence-electron chi connectivity index (χ0n) is 12.8. The van der Waals surface area contributed by atoms with Crippen molar-refractivity contribution in [3.05, 3.63) is 69.5 Å². The van der Waals surface area contributed by atoms with Crippen LogP contribution in [0.3, 0.4) is 0 Å². The second kappa shape index (κ2) is 6.91. The minimum atomic E-state index is -0.691. The molecule has 3 rings (SSSR count). The van der Waals surface area contributed by atoms with Crippen LogP contribution >= 0.6 is 23.2 Å². The van der Waals surface area contributed by atoms with E-state index in [4.69, 9.17) is 28.0 Å². The first kappa shape index (κ1) is 16.9. The zero-order chi connectivity index (χ0) is 17.3. The Hall–Kier alpha value is -1.91. The van der Waals surface area contributed by atoms with Crippen molar-refractivity contribution < 1.29 is 14.0 Å². The number of hydrogen-bond acceptors (Lipinski definition) is 3. The van der Waals surface area contributed by atoms with Crippen LogP contribution in [-0.2, 0) is 4.84 Å². The first-order valence-electron chi connectivity index (χ1n) is 7.42. The summed E-state index contributed by atoms with van der Waals surface area (Å²) in [6.07, 6.45) is 0.894. The van der Waals surface area contributed by atoms with Crippen molar-refractivity contribution in [1.82, 2.24) is 0 Å². The van der Waals surface area contributed by atoms with Gasteiger partial charge in [-0.15, -0.1) is 0 Å². The van der Waals surface area contributed by atoms with E-state index in [1.165, 1.54) is 12.1 Å². The fourth-order valence-electron chi connectivity index (χ4n) is 2.65. The van der Waals surface area contributed by atoms with E-state index in [0.717, 1.165) is 12.0 Å². The molecule has 0 radical (unpaired) electrons. The molecular formula is C18H14Cl2FNO2. The summed E-state index contributed by atoms with van der Waals surface area (Å²) in [7, 11) is 0. The van der Waals surface area contributed by atoms with Crippen LogP contribution in [0, 0.1) is 11.7 Å². The molecule has 0 unspecified atom stereocenters. The molecule has 0 amide bonds. The number of nitrogens with zero attached hydrogens (tertiary/aromatic N) is 1. The second-order valence-electron chi connectivity index (χ2n) is 5.71. The van der Waals surface area contributed by atoms with Gasteiger partial charge >= 0.3 is 5.97 Å². The zero-order valence-corrected chi connectivity index (χ0v) is 14.3. The highest BCUT2D eigenvalue weighted by Crippen LogP contribution is 2.48. The molecule has 2 atom stereocenters. The molecule has 1 aliphatic rings. The van der Waals surface area contributed by atoms with Crippen molar-refractivity contribution in [2.45, 2.75) is 19.3 Å². The first-order valence-corrected chi connectivity index (χ1v) is 8.18. The van der Waals surface area contributed by atoms with E-state index >= 15 is 0 Å². The maximum absolute atomic E-state index is 13.0. The Kier molecular flexibility index (Phi) is 4.88. The van der Waals surface area contributed by atoms with Crippen molar-refractivity contribution in [2.75, 3.05) is 0 Å². The molecule has 0 saturated heterocycles. The van der Waals surface area contributed by atoms with Crippen LogP contribution in [0.15, 0.2) is 47.6 Å². The predicted molar refractivity (Wildman–Crippen MR) is 92.2 cm³/mol. The minimum absolute atomic E-state index is 0.100. The predicted octanol–water partition coefficient (Wildman–Crippen LogP) is 5.47. The fourth-order valence-corrected chi connectivity index (χ4v) is 3.21. The lowest BCUT2D eigenvalue weighted by Crippen LogP contribution is -2.06. The summed E-state index contributed by atoms with van der Waals surface area (Å²) in [4.78, 5) is 17.1. The average Bonchev–Trinajstić information content (AvgIpc) is 3.34. The van der Waals surface area contributed by atoms with Crippen LogP contribution in [0.4, 0.5) is 4.39 Å². The minimum Gasteiger partial charge on any atom is -0.313 e. The number of benzene rings is 2. The van der Waals surface area contributed by atoms with Gasteiger partial charge in [-0.3, -0.25) is 0 Å². The van der Waals surface area contributed by atoms with Gasteiger partial charge in [0, 0.05) is 5.92 Å². The van der Waals surface area contributed by atoms with Crippen LogP contribution in [0.5, 0.6) is 0 Å². The fraction of sp³-hybridized carbons (Fsp3) is 0.222. The summed E-state index contributed by atoms with van der Waals surface area (Å²) in [5, 5.41) is 4.35. The Morgan fingerprint density at radius 1 is 1.17 bits per heavy atom. The Morgan fingerprint density at radius 2 is 1.79 bits per heavy atom. The largest absolute Gasteiger partial charge is 0.368 e. The number of halogens is 3. The van der Waals surface area contributed by atoms with Crippen molar-refractivity contribution in [2.24, 2.45) is 11.1 Å². The van der Waals surface area contributed by atoms with Crippen LogP contribution < -0.4 is 0 Å². The molecule has 0 N–H and O–H groups in total. The molecule has 2 aromatic carbocycles. The van der Waals surface area contributed by atoms with E-state index in [9.17, 15) is 9.18 Å². The van der Waals surface area contributed by atoms with Gasteiger partial charge in [-0.1, -0.05) is 46.6 Å². The molecule has 124 valence electrons. The number of carbonyl (C=O) groups excluding carboxylic acids is 1. The standard InChI is InChI=1S/C18H14Cl2FNO2/c1-10(13-9-14(13)11-5-7-12(21)8-6-11)22-24-18(23)17-15(19)3-2-4-16(17)20/h2-8,13-14H,9H2,1H3/b22-10-/t13-,14+/m0/s1. The Balaban J connectivity index is 1.65. The van der Waals surface area contributed by atoms with Gasteiger partial charge in [-0.2, -0.15) is 0 Å². The maximum atomic E-state index is 13.0. The number of oxime groups is 1. The van der Waals surface area contributed by atoms with Gasteiger partial charge in [0.2, 0.25) is 0 Å². The lowest BCUT2D eigenvalue weighted by Gasteiger charge is -2.04. The molecular weight excluding hydrogens is 352 g/mol. The SMILES string of the molecule is C/C(=N/OC(=O)c1c(Cl)cccc1Cl)[C@@H]1C[C@@H]1c1ccc(F)cc1. The molecule has 0 bridgehead atoms. The maximum Gasteiger partial charge on any atom is 0.368 e. The van der Waals surface area contributed by atoms with E-state index in [-0.39, 0.29) is 33.3 Å². The molecule has 24 heavy (non-hydrogen) atoms. The molecule has 6 heteroatoms. The Labute approximate surface area is 149 Å². The van der Waals surface area contributed by atoms with E-state index in [1.807, 2.05) is 0 Å². The van der Waals surface area contributed by atoms with Gasteiger partial charge in [0.15, 0.2) is 0 Å². The molecule has 0 spiro atoms. The summed E-state index contributed by atoms with van der Waals surface area (Å²) in [6.45, 7) is 1.80. The van der Waals surface area contributed by atoms with E-state index in [0.29, 0.717) is 5.71 Å². The van der Waals surface area contributed by atoms with Crippen molar-refractivity contribution in [1.29, 1.82) is 0 Å². The first-order chi connectivity index (χ1) is 11.5. The molecule has 2 aromatic rings. The Morgan fingerprint density at radius 3 is 2.42 bits per heavy atom. The summed E-state index contributed by atoms with van der Waals surface area (Å²) in [5.74, 6) is -0.488. The quantitative estimate of drug-likeness (QED) is 0.409. The van der Waals surface area contributed by atoms with Crippen LogP contribution in [0.25, 0.3) is 0 Å². The number of rotatable bonds is 4. The molecule has 0 heterocycles. The lowest BCUT2D eigenvalue weighted by atomic mass is 10.1. The van der Waals surface area contributed by atoms with Crippen LogP contribution in [0.2, 0.25) is 10.0 Å². The summed E-state index contributed by atoms with van der Waals surface area (Å²) < 4.78 is 13.0. The van der Waals surface area contributed by atoms with E-state index in [2.05, 4.69) is 5.16 Å². The molecule has 0 aliphatic heterocycles. The molecule has 1 saturated carbocycles. The van der Waals surface area contributed by atoms with Crippen LogP contribution in [0.1, 0.15) is 35.2 Å². The molecule has 0 aromatic heterocycles. The van der Waals surface area contributed by atoms with Crippen molar-refractivity contribution >= 4 is 34.9 Å². The normalized spacial score (nSPS) is 19.9. The smallest absolute Gasteiger partial charge is 0.313 e. The van der Waals surface area contributed by atoms with Gasteiger partial charge in [0.05, 0.1) is 21.3 Å². The monoisotopic (exact) mass is 365 g/mol. The Bertz CT molecular complexity index is 785. The highest BCUT2D eigenvalue weighted by Gasteiger charge is 2.40. The topological polar surface area (TPSA) is 38.7 Å². The van der Waals surface area contributed by atoms with Gasteiger partial charge in [0.1, 0.15) is 5.82 Å². The summed E-state index contributed by atoms with van der Waals surface area (Å²) in [5.41, 5.74) is 1.86. The summed E-state index contributed by atoms with van der Waals surface area (Å²) >= 11 is 11.9. The third-order valence-corrected chi connectivity index (χ3v) is 4.69. The third-order valence-electron chi connectivity index (χ3n) is 4.06. The molecule has 1 fully saturated rings. The summed E-state index contributed by atoms with van der Waals surface area (Å²) in [6, 6.07) is 11.2. The van der Waals surface area contributed by atoms with Crippen LogP contribution in [-0.4, -0.2) is 11.7 Å². The van der Waals surface area contributed by atoms with Crippen molar-refractivity contribution in [3.8, 4) is 0 Å². The van der Waals surface area contributed by atoms with Gasteiger partial charge in [-0.25, -0.2) is 9.18 Å². The molecule has 1 aliphatic carbocycles. The average molecular weight is 366 g/mol. The highest BCUT2D eigenvalue weighted by atomic mass is 35.5. The van der Waals surface area contributed by atoms with E-state index in [1.54, 1.807) is 37.3 Å². The van der Waals surface area contributed by atoms with Gasteiger partial charge < -0.3 is 4.84 Å². The van der Waals surface area contributed by atoms with Gasteiger partial charge in [-0.05, 0) is 49.1 Å².